The number of hydrogen-bond acceptors (Lipinski definition) is 4. The molecule has 0 spiro atoms. The van der Waals surface area contributed by atoms with Gasteiger partial charge in [0, 0.05) is 12.4 Å². The lowest BCUT2D eigenvalue weighted by molar-refractivity contribution is -0.121. The minimum absolute atomic E-state index is 0.161. The van der Waals surface area contributed by atoms with E-state index in [9.17, 15) is 18.8 Å². The van der Waals surface area contributed by atoms with E-state index < -0.39 is 17.6 Å². The van der Waals surface area contributed by atoms with Crippen molar-refractivity contribution >= 4 is 22.6 Å². The first-order chi connectivity index (χ1) is 12.5. The van der Waals surface area contributed by atoms with Crippen molar-refractivity contribution < 1.29 is 14.0 Å². The first-order valence-corrected chi connectivity index (χ1v) is 7.76. The van der Waals surface area contributed by atoms with Crippen molar-refractivity contribution in [2.45, 2.75) is 6.42 Å². The van der Waals surface area contributed by atoms with Gasteiger partial charge in [0.25, 0.3) is 11.5 Å². The van der Waals surface area contributed by atoms with Gasteiger partial charge in [-0.05, 0) is 18.2 Å². The molecule has 1 aromatic heterocycles. The summed E-state index contributed by atoms with van der Waals surface area (Å²) < 4.78 is 14.7. The van der Waals surface area contributed by atoms with Crippen molar-refractivity contribution in [3.63, 3.8) is 0 Å². The molecule has 0 atom stereocenters. The number of halogens is 1. The van der Waals surface area contributed by atoms with Crippen LogP contribution in [0.1, 0.15) is 16.1 Å². The van der Waals surface area contributed by atoms with Crippen LogP contribution in [0.3, 0.4) is 0 Å². The van der Waals surface area contributed by atoms with Crippen molar-refractivity contribution in [3.05, 3.63) is 76.0 Å². The molecular formula is C18H15FN4O3. The minimum Gasteiger partial charge on any atom is -0.273 e. The molecule has 0 saturated carbocycles. The smallest absolute Gasteiger partial charge is 0.273 e. The minimum atomic E-state index is -0.769. The summed E-state index contributed by atoms with van der Waals surface area (Å²) in [4.78, 5) is 36.1. The molecule has 2 aromatic carbocycles. The van der Waals surface area contributed by atoms with Crippen molar-refractivity contribution in [3.8, 4) is 0 Å². The predicted octanol–water partition coefficient (Wildman–Crippen LogP) is 1.08. The lowest BCUT2D eigenvalue weighted by Gasteiger charge is -2.10. The Morgan fingerprint density at radius 3 is 2.42 bits per heavy atom. The van der Waals surface area contributed by atoms with E-state index in [-0.39, 0.29) is 17.5 Å². The molecule has 2 N–H and O–H groups in total. The van der Waals surface area contributed by atoms with E-state index >= 15 is 0 Å². The van der Waals surface area contributed by atoms with Gasteiger partial charge in [-0.3, -0.25) is 25.2 Å². The number of amides is 2. The lowest BCUT2D eigenvalue weighted by atomic mass is 10.1. The van der Waals surface area contributed by atoms with Crippen LogP contribution in [0.25, 0.3) is 10.8 Å². The molecule has 0 aliphatic heterocycles. The fraction of sp³-hybridized carbons (Fsp3) is 0.111. The molecule has 0 aliphatic carbocycles. The molecule has 26 heavy (non-hydrogen) atoms. The van der Waals surface area contributed by atoms with Crippen molar-refractivity contribution in [1.82, 2.24) is 20.6 Å². The summed E-state index contributed by atoms with van der Waals surface area (Å²) in [5, 5.41) is 5.12. The van der Waals surface area contributed by atoms with Crippen molar-refractivity contribution in [1.29, 1.82) is 0 Å². The number of carbonyl (C=O) groups excluding carboxylic acids is 2. The number of aromatic nitrogens is 2. The quantitative estimate of drug-likeness (QED) is 0.688. The zero-order valence-electron chi connectivity index (χ0n) is 13.8. The largest absolute Gasteiger partial charge is 0.274 e. The number of nitrogens with one attached hydrogen (secondary N) is 2. The number of carbonyl (C=O) groups is 2. The maximum absolute atomic E-state index is 13.6. The van der Waals surface area contributed by atoms with Crippen LogP contribution in [0.5, 0.6) is 0 Å². The second-order valence-corrected chi connectivity index (χ2v) is 5.58. The normalized spacial score (nSPS) is 10.5. The molecule has 0 unspecified atom stereocenters. The number of hydrogen-bond donors (Lipinski definition) is 2. The van der Waals surface area contributed by atoms with Gasteiger partial charge in [-0.2, -0.15) is 5.10 Å². The van der Waals surface area contributed by atoms with E-state index in [1.165, 1.54) is 25.2 Å². The number of fused-ring (bicyclic) bond motifs is 1. The Morgan fingerprint density at radius 1 is 1.04 bits per heavy atom. The highest BCUT2D eigenvalue weighted by atomic mass is 19.1. The molecule has 0 radical (unpaired) electrons. The van der Waals surface area contributed by atoms with Gasteiger partial charge in [-0.15, -0.1) is 0 Å². The van der Waals surface area contributed by atoms with Crippen LogP contribution in [0.4, 0.5) is 4.39 Å². The summed E-state index contributed by atoms with van der Waals surface area (Å²) in [5.74, 6) is -2.01. The average Bonchev–Trinajstić information content (AvgIpc) is 2.64. The standard InChI is InChI=1S/C18H15FN4O3/c1-23-18(26)12-7-3-2-6-11(12)15(22-23)10-16(24)20-21-17(25)13-8-4-5-9-14(13)19/h2-9H,10H2,1H3,(H,20,24)(H,21,25). The summed E-state index contributed by atoms with van der Waals surface area (Å²) in [7, 11) is 1.50. The molecule has 1 heterocycles. The Kier molecular flexibility index (Phi) is 4.74. The Balaban J connectivity index is 1.74. The Hall–Kier alpha value is -3.55. The van der Waals surface area contributed by atoms with Gasteiger partial charge in [0.05, 0.1) is 23.1 Å². The third-order valence-corrected chi connectivity index (χ3v) is 3.79. The van der Waals surface area contributed by atoms with Crippen LogP contribution < -0.4 is 16.4 Å². The van der Waals surface area contributed by atoms with E-state index in [4.69, 9.17) is 0 Å². The van der Waals surface area contributed by atoms with E-state index in [0.29, 0.717) is 16.5 Å². The van der Waals surface area contributed by atoms with Crippen LogP contribution in [-0.4, -0.2) is 21.6 Å². The first-order valence-electron chi connectivity index (χ1n) is 7.76. The number of rotatable bonds is 3. The number of nitrogens with zero attached hydrogens (tertiary/aromatic N) is 2. The van der Waals surface area contributed by atoms with Gasteiger partial charge in [0.2, 0.25) is 5.91 Å². The van der Waals surface area contributed by atoms with E-state index in [1.54, 1.807) is 24.3 Å². The van der Waals surface area contributed by atoms with E-state index in [0.717, 1.165) is 10.7 Å². The van der Waals surface area contributed by atoms with Crippen molar-refractivity contribution in [2.75, 3.05) is 0 Å². The van der Waals surface area contributed by atoms with Gasteiger partial charge in [0.1, 0.15) is 5.82 Å². The number of benzene rings is 2. The lowest BCUT2D eigenvalue weighted by Crippen LogP contribution is -2.43. The highest BCUT2D eigenvalue weighted by Gasteiger charge is 2.14. The highest BCUT2D eigenvalue weighted by molar-refractivity contribution is 5.96. The molecule has 8 heteroatoms. The molecule has 3 aromatic rings. The topological polar surface area (TPSA) is 93.1 Å². The third kappa shape index (κ3) is 3.44. The molecule has 2 amide bonds. The van der Waals surface area contributed by atoms with Crippen LogP contribution in [0.2, 0.25) is 0 Å². The number of hydrazine groups is 1. The molecule has 7 nitrogen and oxygen atoms in total. The molecule has 0 saturated heterocycles. The van der Waals surface area contributed by atoms with Crippen LogP contribution in [0.15, 0.2) is 53.3 Å². The predicted molar refractivity (Wildman–Crippen MR) is 92.7 cm³/mol. The Bertz CT molecular complexity index is 1060. The van der Waals surface area contributed by atoms with Gasteiger partial charge in [0.15, 0.2) is 0 Å². The monoisotopic (exact) mass is 354 g/mol. The summed E-state index contributed by atoms with van der Waals surface area (Å²) in [6.07, 6.45) is -0.161. The summed E-state index contributed by atoms with van der Waals surface area (Å²) in [6.45, 7) is 0. The molecule has 0 aliphatic rings. The maximum Gasteiger partial charge on any atom is 0.274 e. The zero-order chi connectivity index (χ0) is 18.7. The fourth-order valence-electron chi connectivity index (χ4n) is 2.54. The van der Waals surface area contributed by atoms with Gasteiger partial charge >= 0.3 is 0 Å². The van der Waals surface area contributed by atoms with Gasteiger partial charge in [-0.1, -0.05) is 30.3 Å². The summed E-state index contributed by atoms with van der Waals surface area (Å²) in [6, 6.07) is 12.2. The second kappa shape index (κ2) is 7.14. The fourth-order valence-corrected chi connectivity index (χ4v) is 2.54. The van der Waals surface area contributed by atoms with Crippen LogP contribution in [0, 0.1) is 5.82 Å². The Morgan fingerprint density at radius 2 is 1.69 bits per heavy atom. The highest BCUT2D eigenvalue weighted by Crippen LogP contribution is 2.13. The van der Waals surface area contributed by atoms with Gasteiger partial charge < -0.3 is 0 Å². The summed E-state index contributed by atoms with van der Waals surface area (Å²) in [5.41, 5.74) is 4.32. The molecule has 132 valence electrons. The van der Waals surface area contributed by atoms with E-state index in [1.807, 2.05) is 0 Å². The van der Waals surface area contributed by atoms with E-state index in [2.05, 4.69) is 16.0 Å². The first kappa shape index (κ1) is 17.3. The maximum atomic E-state index is 13.6. The average molecular weight is 354 g/mol. The van der Waals surface area contributed by atoms with Crippen LogP contribution in [-0.2, 0) is 18.3 Å². The van der Waals surface area contributed by atoms with Gasteiger partial charge in [-0.25, -0.2) is 9.07 Å². The van der Waals surface area contributed by atoms with Crippen molar-refractivity contribution in [2.24, 2.45) is 7.05 Å². The SMILES string of the molecule is Cn1nc(CC(=O)NNC(=O)c2ccccc2F)c2ccccc2c1=O. The second-order valence-electron chi connectivity index (χ2n) is 5.58. The molecule has 3 rings (SSSR count). The van der Waals surface area contributed by atoms with Crippen LogP contribution >= 0.6 is 0 Å². The molecule has 0 fully saturated rings. The zero-order valence-corrected chi connectivity index (χ0v) is 13.8. The third-order valence-electron chi connectivity index (χ3n) is 3.79. The number of aryl methyl sites for hydroxylation is 1. The molecule has 0 bridgehead atoms. The summed E-state index contributed by atoms with van der Waals surface area (Å²) >= 11 is 0. The molecular weight excluding hydrogens is 339 g/mol. The Labute approximate surface area is 147 Å².